The van der Waals surface area contributed by atoms with Crippen LogP contribution in [0.15, 0.2) is 72.4 Å². The van der Waals surface area contributed by atoms with Gasteiger partial charge in [-0.2, -0.15) is 0 Å². The van der Waals surface area contributed by atoms with E-state index >= 15 is 4.39 Å². The van der Waals surface area contributed by atoms with Gasteiger partial charge in [-0.3, -0.25) is 9.78 Å². The summed E-state index contributed by atoms with van der Waals surface area (Å²) in [5.74, 6) is -4.12. The molecule has 0 radical (unpaired) electrons. The monoisotopic (exact) mass is 504 g/mol. The van der Waals surface area contributed by atoms with Gasteiger partial charge in [0, 0.05) is 52.6 Å². The van der Waals surface area contributed by atoms with E-state index in [4.69, 9.17) is 0 Å². The van der Waals surface area contributed by atoms with Crippen LogP contribution in [0, 0.1) is 5.82 Å². The van der Waals surface area contributed by atoms with Gasteiger partial charge < -0.3 is 10.2 Å². The van der Waals surface area contributed by atoms with Crippen LogP contribution in [0.25, 0.3) is 32.2 Å². The van der Waals surface area contributed by atoms with Crippen molar-refractivity contribution in [2.45, 2.75) is 12.3 Å². The Morgan fingerprint density at radius 1 is 1.03 bits per heavy atom. The number of pyridine rings is 1. The highest BCUT2D eigenvalue weighted by molar-refractivity contribution is 7.16. The molecule has 1 N–H and O–H groups in total. The van der Waals surface area contributed by atoms with Gasteiger partial charge in [-0.25, -0.2) is 18.2 Å². The van der Waals surface area contributed by atoms with Crippen molar-refractivity contribution in [3.05, 3.63) is 83.8 Å². The Morgan fingerprint density at radius 2 is 1.92 bits per heavy atom. The number of carbonyl (C=O) groups is 1. The molecule has 6 rings (SSSR count). The summed E-state index contributed by atoms with van der Waals surface area (Å²) < 4.78 is 43.4. The molecule has 3 heterocycles. The van der Waals surface area contributed by atoms with E-state index < -0.39 is 24.2 Å². The first kappa shape index (κ1) is 22.5. The number of benzene rings is 3. The van der Waals surface area contributed by atoms with Gasteiger partial charge in [0.25, 0.3) is 11.8 Å². The molecule has 1 aliphatic rings. The second kappa shape index (κ2) is 8.60. The molecule has 5 aromatic rings. The molecule has 3 aromatic carbocycles. The van der Waals surface area contributed by atoms with Crippen molar-refractivity contribution >= 4 is 49.7 Å². The second-order valence-electron chi connectivity index (χ2n) is 8.75. The predicted molar refractivity (Wildman–Crippen MR) is 136 cm³/mol. The molecule has 2 aromatic heterocycles. The van der Waals surface area contributed by atoms with Crippen LogP contribution in [0.2, 0.25) is 0 Å². The van der Waals surface area contributed by atoms with Gasteiger partial charge in [-0.15, -0.1) is 11.3 Å². The Hall–Kier alpha value is -3.98. The van der Waals surface area contributed by atoms with Crippen LogP contribution < -0.4 is 5.32 Å². The number of nitrogens with one attached hydrogen (secondary N) is 1. The van der Waals surface area contributed by atoms with Crippen molar-refractivity contribution in [1.82, 2.24) is 14.9 Å². The lowest BCUT2D eigenvalue weighted by Crippen LogP contribution is -2.31. The number of aromatic nitrogens is 2. The molecule has 1 saturated heterocycles. The molecule has 1 fully saturated rings. The van der Waals surface area contributed by atoms with Crippen molar-refractivity contribution in [3.8, 4) is 11.1 Å². The minimum Gasteiger partial charge on any atom is -0.355 e. The lowest BCUT2D eigenvalue weighted by molar-refractivity contribution is 0.0120. The molecule has 0 bridgehead atoms. The van der Waals surface area contributed by atoms with Crippen molar-refractivity contribution in [2.24, 2.45) is 0 Å². The molecule has 0 saturated carbocycles. The molecule has 5 nitrogen and oxygen atoms in total. The predicted octanol–water partition coefficient (Wildman–Crippen LogP) is 6.88. The van der Waals surface area contributed by atoms with Gasteiger partial charge in [-0.05, 0) is 36.4 Å². The Morgan fingerprint density at radius 3 is 2.72 bits per heavy atom. The van der Waals surface area contributed by atoms with Crippen LogP contribution in [0.4, 0.5) is 24.5 Å². The van der Waals surface area contributed by atoms with Crippen LogP contribution in [0.3, 0.4) is 0 Å². The number of hydrogen-bond acceptors (Lipinski definition) is 5. The number of hydrogen-bond donors (Lipinski definition) is 1. The van der Waals surface area contributed by atoms with E-state index in [9.17, 15) is 13.6 Å². The molecule has 0 aliphatic carbocycles. The van der Waals surface area contributed by atoms with E-state index in [0.717, 1.165) is 37.9 Å². The number of rotatable bonds is 4. The number of thiazole rings is 1. The Labute approximate surface area is 208 Å². The Kier molecular flexibility index (Phi) is 5.37. The zero-order valence-electron chi connectivity index (χ0n) is 18.8. The third-order valence-electron chi connectivity index (χ3n) is 6.34. The van der Waals surface area contributed by atoms with Crippen LogP contribution in [0.1, 0.15) is 16.8 Å². The van der Waals surface area contributed by atoms with Crippen LogP contribution in [0.5, 0.6) is 0 Å². The van der Waals surface area contributed by atoms with Gasteiger partial charge in [0.15, 0.2) is 0 Å². The molecule has 0 atom stereocenters. The highest BCUT2D eigenvalue weighted by Gasteiger charge is 2.40. The Bertz CT molecular complexity index is 1630. The highest BCUT2D eigenvalue weighted by atomic mass is 32.1. The molecule has 0 spiro atoms. The van der Waals surface area contributed by atoms with Crippen molar-refractivity contribution in [3.63, 3.8) is 0 Å². The highest BCUT2D eigenvalue weighted by Crippen LogP contribution is 2.35. The van der Waals surface area contributed by atoms with E-state index in [1.54, 1.807) is 29.1 Å². The van der Waals surface area contributed by atoms with E-state index in [1.165, 1.54) is 12.1 Å². The summed E-state index contributed by atoms with van der Waals surface area (Å²) in [7, 11) is 0. The number of halogens is 3. The number of likely N-dealkylation sites (tertiary alicyclic amines) is 1. The van der Waals surface area contributed by atoms with Crippen molar-refractivity contribution in [1.29, 1.82) is 0 Å². The number of alkyl halides is 2. The maximum atomic E-state index is 15.3. The number of fused-ring (bicyclic) bond motifs is 2. The van der Waals surface area contributed by atoms with Gasteiger partial charge >= 0.3 is 0 Å². The third-order valence-corrected chi connectivity index (χ3v) is 7.15. The van der Waals surface area contributed by atoms with Crippen LogP contribution in [-0.4, -0.2) is 39.8 Å². The fourth-order valence-corrected chi connectivity index (χ4v) is 5.21. The summed E-state index contributed by atoms with van der Waals surface area (Å²) in [4.78, 5) is 22.6. The summed E-state index contributed by atoms with van der Waals surface area (Å²) in [5.41, 5.74) is 5.85. The molecule has 0 unspecified atom stereocenters. The van der Waals surface area contributed by atoms with Crippen LogP contribution >= 0.6 is 11.3 Å². The Balaban J connectivity index is 1.34. The smallest absolute Gasteiger partial charge is 0.267 e. The molecule has 9 heteroatoms. The molecular formula is C27H19F3N4OS. The first-order valence-corrected chi connectivity index (χ1v) is 12.2. The minimum absolute atomic E-state index is 0.0435. The lowest BCUT2D eigenvalue weighted by Gasteiger charge is -2.17. The fourth-order valence-electron chi connectivity index (χ4n) is 4.55. The standard InChI is InChI=1S/C27H19F3N4OS/c28-21-12-16(26(35)34-11-9-27(29,30)14-34)4-6-18(21)19-2-1-3-20-22(8-10-31-25(19)20)33-17-5-7-24-23(13-17)32-15-36-24/h1-8,10,12-13,15H,9,11,14H2,(H,31,33). The number of amides is 1. The number of carbonyl (C=O) groups excluding carboxylic acids is 1. The van der Waals surface area contributed by atoms with Crippen LogP contribution in [-0.2, 0) is 0 Å². The zero-order chi connectivity index (χ0) is 24.9. The fraction of sp³-hybridized carbons (Fsp3) is 0.148. The first-order valence-electron chi connectivity index (χ1n) is 11.3. The quantitative estimate of drug-likeness (QED) is 0.290. The van der Waals surface area contributed by atoms with E-state index in [2.05, 4.69) is 15.3 Å². The van der Waals surface area contributed by atoms with Crippen molar-refractivity contribution in [2.75, 3.05) is 18.4 Å². The third kappa shape index (κ3) is 4.05. The average Bonchev–Trinajstić information content (AvgIpc) is 3.49. The van der Waals surface area contributed by atoms with Crippen molar-refractivity contribution < 1.29 is 18.0 Å². The normalized spacial score (nSPS) is 15.0. The number of anilines is 2. The van der Waals surface area contributed by atoms with E-state index in [-0.39, 0.29) is 24.1 Å². The molecule has 1 aliphatic heterocycles. The lowest BCUT2D eigenvalue weighted by atomic mass is 9.99. The van der Waals surface area contributed by atoms with E-state index in [0.29, 0.717) is 11.1 Å². The summed E-state index contributed by atoms with van der Waals surface area (Å²) in [5, 5.41) is 4.20. The summed E-state index contributed by atoms with van der Waals surface area (Å²) in [6, 6.07) is 17.4. The van der Waals surface area contributed by atoms with Gasteiger partial charge in [-0.1, -0.05) is 24.3 Å². The number of para-hydroxylation sites is 1. The maximum absolute atomic E-state index is 15.3. The summed E-state index contributed by atoms with van der Waals surface area (Å²) in [6.45, 7) is -0.693. The average molecular weight is 505 g/mol. The summed E-state index contributed by atoms with van der Waals surface area (Å²) in [6.07, 6.45) is 1.27. The molecule has 180 valence electrons. The molecule has 36 heavy (non-hydrogen) atoms. The molecule has 1 amide bonds. The van der Waals surface area contributed by atoms with Gasteiger partial charge in [0.1, 0.15) is 5.82 Å². The summed E-state index contributed by atoms with van der Waals surface area (Å²) >= 11 is 1.57. The maximum Gasteiger partial charge on any atom is 0.267 e. The zero-order valence-corrected chi connectivity index (χ0v) is 19.7. The minimum atomic E-state index is -2.90. The second-order valence-corrected chi connectivity index (χ2v) is 9.63. The SMILES string of the molecule is O=C(c1ccc(-c2cccc3c(Nc4ccc5scnc5c4)ccnc23)c(F)c1)N1CCC(F)(F)C1. The largest absolute Gasteiger partial charge is 0.355 e. The van der Waals surface area contributed by atoms with Gasteiger partial charge in [0.05, 0.1) is 27.8 Å². The van der Waals surface area contributed by atoms with E-state index in [1.807, 2.05) is 36.4 Å². The van der Waals surface area contributed by atoms with Gasteiger partial charge in [0.2, 0.25) is 0 Å². The topological polar surface area (TPSA) is 58.1 Å². The molecular weight excluding hydrogens is 485 g/mol. The first-order chi connectivity index (χ1) is 17.4. The number of nitrogens with zero attached hydrogens (tertiary/aromatic N) is 3.